The molecule has 1 saturated heterocycles. The van der Waals surface area contributed by atoms with Crippen LogP contribution >= 0.6 is 27.7 Å². The third kappa shape index (κ3) is 6.32. The van der Waals surface area contributed by atoms with E-state index in [4.69, 9.17) is 14.2 Å². The Balaban J connectivity index is 1.27. The lowest BCUT2D eigenvalue weighted by molar-refractivity contribution is -0.123. The SMILES string of the molecule is CCOc1cc(/C=C2\SC(=O)N(CCOc3cccc4ccccc34)C2=O)cc(Br)c1OCc1ccc(F)cc1. The largest absolute Gasteiger partial charge is 0.491 e. The van der Waals surface area contributed by atoms with Gasteiger partial charge in [-0.05, 0) is 87.5 Å². The van der Waals surface area contributed by atoms with Crippen molar-refractivity contribution >= 4 is 55.7 Å². The van der Waals surface area contributed by atoms with E-state index < -0.39 is 0 Å². The van der Waals surface area contributed by atoms with E-state index in [9.17, 15) is 14.0 Å². The second-order valence-corrected chi connectivity index (χ2v) is 10.7. The van der Waals surface area contributed by atoms with Gasteiger partial charge in [0.05, 0.1) is 22.5 Å². The number of thioether (sulfide) groups is 1. The number of fused-ring (bicyclic) bond motifs is 1. The van der Waals surface area contributed by atoms with Gasteiger partial charge >= 0.3 is 0 Å². The summed E-state index contributed by atoms with van der Waals surface area (Å²) in [5.41, 5.74) is 1.47. The molecular formula is C31H25BrFNO5S. The molecule has 1 heterocycles. The average molecular weight is 623 g/mol. The van der Waals surface area contributed by atoms with Crippen LogP contribution in [0.4, 0.5) is 9.18 Å². The molecule has 6 nitrogen and oxygen atoms in total. The Morgan fingerprint density at radius 2 is 1.70 bits per heavy atom. The third-order valence-corrected chi connectivity index (χ3v) is 7.62. The van der Waals surface area contributed by atoms with Crippen LogP contribution in [-0.2, 0) is 11.4 Å². The van der Waals surface area contributed by atoms with E-state index in [0.29, 0.717) is 38.8 Å². The Labute approximate surface area is 243 Å². The lowest BCUT2D eigenvalue weighted by Crippen LogP contribution is -2.32. The zero-order chi connectivity index (χ0) is 28.1. The molecule has 9 heteroatoms. The quantitative estimate of drug-likeness (QED) is 0.168. The lowest BCUT2D eigenvalue weighted by Gasteiger charge is -2.15. The van der Waals surface area contributed by atoms with Crippen LogP contribution in [0.1, 0.15) is 18.1 Å². The predicted molar refractivity (Wildman–Crippen MR) is 158 cm³/mol. The number of nitrogens with zero attached hydrogens (tertiary/aromatic N) is 1. The van der Waals surface area contributed by atoms with Crippen LogP contribution in [0.3, 0.4) is 0 Å². The van der Waals surface area contributed by atoms with Crippen LogP contribution in [0.2, 0.25) is 0 Å². The molecule has 0 bridgehead atoms. The van der Waals surface area contributed by atoms with E-state index >= 15 is 0 Å². The van der Waals surface area contributed by atoms with Gasteiger partial charge in [0, 0.05) is 5.39 Å². The third-order valence-electron chi connectivity index (χ3n) is 6.12. The molecule has 204 valence electrons. The van der Waals surface area contributed by atoms with Crippen molar-refractivity contribution in [2.75, 3.05) is 19.8 Å². The number of carbonyl (C=O) groups is 2. The van der Waals surface area contributed by atoms with Crippen LogP contribution in [0.25, 0.3) is 16.8 Å². The molecule has 1 aliphatic heterocycles. The highest BCUT2D eigenvalue weighted by Gasteiger charge is 2.35. The highest BCUT2D eigenvalue weighted by atomic mass is 79.9. The molecule has 0 aromatic heterocycles. The van der Waals surface area contributed by atoms with E-state index in [1.54, 1.807) is 30.3 Å². The van der Waals surface area contributed by atoms with Crippen LogP contribution in [0, 0.1) is 5.82 Å². The first-order valence-electron chi connectivity index (χ1n) is 12.6. The number of rotatable bonds is 10. The van der Waals surface area contributed by atoms with Gasteiger partial charge in [-0.25, -0.2) is 4.39 Å². The molecule has 1 aliphatic rings. The smallest absolute Gasteiger partial charge is 0.293 e. The topological polar surface area (TPSA) is 65.1 Å². The maximum atomic E-state index is 13.2. The first-order chi connectivity index (χ1) is 19.4. The summed E-state index contributed by atoms with van der Waals surface area (Å²) in [6.45, 7) is 2.79. The van der Waals surface area contributed by atoms with Crippen LogP contribution < -0.4 is 14.2 Å². The summed E-state index contributed by atoms with van der Waals surface area (Å²) in [4.78, 5) is 27.3. The summed E-state index contributed by atoms with van der Waals surface area (Å²) in [5.74, 6) is 0.985. The number of hydrogen-bond donors (Lipinski definition) is 0. The van der Waals surface area contributed by atoms with Gasteiger partial charge in [0.25, 0.3) is 11.1 Å². The van der Waals surface area contributed by atoms with Gasteiger partial charge in [-0.3, -0.25) is 14.5 Å². The Morgan fingerprint density at radius 3 is 2.50 bits per heavy atom. The molecule has 0 saturated carbocycles. The lowest BCUT2D eigenvalue weighted by atomic mass is 10.1. The molecule has 0 atom stereocenters. The first-order valence-corrected chi connectivity index (χ1v) is 14.2. The zero-order valence-electron chi connectivity index (χ0n) is 21.6. The standard InChI is InChI=1S/C31H25BrFNO5S/c1-2-37-27-17-21(16-25(32)29(27)39-19-20-10-12-23(33)13-11-20)18-28-30(35)34(31(36)40-28)14-15-38-26-9-5-7-22-6-3-4-8-24(22)26/h3-13,16-18H,2,14-15,19H2,1H3/b28-18-. The normalized spacial score (nSPS) is 14.3. The number of benzene rings is 4. The Hall–Kier alpha value is -3.82. The minimum absolute atomic E-state index is 0.134. The summed E-state index contributed by atoms with van der Waals surface area (Å²) in [6.07, 6.45) is 1.66. The molecule has 4 aromatic rings. The average Bonchev–Trinajstić information content (AvgIpc) is 3.21. The minimum Gasteiger partial charge on any atom is -0.491 e. The van der Waals surface area contributed by atoms with Crippen LogP contribution in [0.15, 0.2) is 88.2 Å². The van der Waals surface area contributed by atoms with E-state index in [0.717, 1.165) is 28.1 Å². The highest BCUT2D eigenvalue weighted by Crippen LogP contribution is 2.40. The number of amides is 2. The van der Waals surface area contributed by atoms with Crippen molar-refractivity contribution in [2.24, 2.45) is 0 Å². The summed E-state index contributed by atoms with van der Waals surface area (Å²) in [6, 6.07) is 23.3. The van der Waals surface area contributed by atoms with Crippen molar-refractivity contribution in [1.82, 2.24) is 4.90 Å². The number of hydrogen-bond acceptors (Lipinski definition) is 6. The molecule has 5 rings (SSSR count). The maximum Gasteiger partial charge on any atom is 0.293 e. The number of imide groups is 1. The van der Waals surface area contributed by atoms with Gasteiger partial charge in [-0.2, -0.15) is 0 Å². The first kappa shape index (κ1) is 27.7. The second kappa shape index (κ2) is 12.6. The summed E-state index contributed by atoms with van der Waals surface area (Å²) < 4.78 is 31.5. The molecule has 2 amide bonds. The fourth-order valence-corrected chi connectivity index (χ4v) is 5.66. The van der Waals surface area contributed by atoms with E-state index in [-0.39, 0.29) is 36.7 Å². The van der Waals surface area contributed by atoms with Crippen molar-refractivity contribution in [3.63, 3.8) is 0 Å². The van der Waals surface area contributed by atoms with Gasteiger partial charge in [0.1, 0.15) is 24.8 Å². The van der Waals surface area contributed by atoms with Gasteiger partial charge in [0.15, 0.2) is 11.5 Å². The monoisotopic (exact) mass is 621 g/mol. The van der Waals surface area contributed by atoms with Gasteiger partial charge in [-0.1, -0.05) is 48.5 Å². The summed E-state index contributed by atoms with van der Waals surface area (Å²) in [7, 11) is 0. The molecule has 0 spiro atoms. The molecule has 1 fully saturated rings. The van der Waals surface area contributed by atoms with Gasteiger partial charge in [-0.15, -0.1) is 0 Å². The van der Waals surface area contributed by atoms with Crippen molar-refractivity contribution < 1.29 is 28.2 Å². The fourth-order valence-electron chi connectivity index (χ4n) is 4.22. The Kier molecular flexibility index (Phi) is 8.72. The van der Waals surface area contributed by atoms with E-state index in [1.165, 1.54) is 17.0 Å². The highest BCUT2D eigenvalue weighted by molar-refractivity contribution is 9.10. The number of carbonyl (C=O) groups excluding carboxylic acids is 2. The maximum absolute atomic E-state index is 13.2. The molecule has 4 aromatic carbocycles. The molecule has 0 N–H and O–H groups in total. The van der Waals surface area contributed by atoms with Crippen molar-refractivity contribution in [1.29, 1.82) is 0 Å². The summed E-state index contributed by atoms with van der Waals surface area (Å²) in [5, 5.41) is 1.68. The zero-order valence-corrected chi connectivity index (χ0v) is 24.0. The number of ether oxygens (including phenoxy) is 3. The fraction of sp³-hybridized carbons (Fsp3) is 0.161. The second-order valence-electron chi connectivity index (χ2n) is 8.84. The van der Waals surface area contributed by atoms with Crippen LogP contribution in [-0.4, -0.2) is 35.8 Å². The summed E-state index contributed by atoms with van der Waals surface area (Å²) >= 11 is 4.42. The van der Waals surface area contributed by atoms with Gasteiger partial charge in [0.2, 0.25) is 0 Å². The molecule has 0 unspecified atom stereocenters. The van der Waals surface area contributed by atoms with Crippen molar-refractivity contribution in [2.45, 2.75) is 13.5 Å². The van der Waals surface area contributed by atoms with Gasteiger partial charge < -0.3 is 14.2 Å². The number of halogens is 2. The van der Waals surface area contributed by atoms with Crippen molar-refractivity contribution in [3.05, 3.63) is 105 Å². The molecule has 40 heavy (non-hydrogen) atoms. The Morgan fingerprint density at radius 1 is 0.925 bits per heavy atom. The van der Waals surface area contributed by atoms with Crippen molar-refractivity contribution in [3.8, 4) is 17.2 Å². The van der Waals surface area contributed by atoms with E-state index in [2.05, 4.69) is 15.9 Å². The molecule has 0 aliphatic carbocycles. The molecular weight excluding hydrogens is 597 g/mol. The predicted octanol–water partition coefficient (Wildman–Crippen LogP) is 7.83. The van der Waals surface area contributed by atoms with E-state index in [1.807, 2.05) is 49.4 Å². The molecule has 0 radical (unpaired) electrons. The minimum atomic E-state index is -0.373. The van der Waals surface area contributed by atoms with Crippen LogP contribution in [0.5, 0.6) is 17.2 Å². The Bertz CT molecular complexity index is 1590.